The van der Waals surface area contributed by atoms with E-state index in [4.69, 9.17) is 19.3 Å². The van der Waals surface area contributed by atoms with Gasteiger partial charge in [-0.3, -0.25) is 10.1 Å². The van der Waals surface area contributed by atoms with Gasteiger partial charge in [0.2, 0.25) is 0 Å². The zero-order valence-corrected chi connectivity index (χ0v) is 13.4. The lowest BCUT2D eigenvalue weighted by Crippen LogP contribution is -2.27. The van der Waals surface area contributed by atoms with Crippen molar-refractivity contribution in [2.75, 3.05) is 19.5 Å². The highest BCUT2D eigenvalue weighted by molar-refractivity contribution is 5.88. The van der Waals surface area contributed by atoms with Crippen LogP contribution in [0.1, 0.15) is 26.3 Å². The van der Waals surface area contributed by atoms with E-state index in [1.54, 1.807) is 20.8 Å². The second kappa shape index (κ2) is 7.02. The van der Waals surface area contributed by atoms with Crippen LogP contribution in [0.15, 0.2) is 12.1 Å². The minimum absolute atomic E-state index is 0.272. The van der Waals surface area contributed by atoms with E-state index in [-0.39, 0.29) is 6.42 Å². The summed E-state index contributed by atoms with van der Waals surface area (Å²) >= 11 is 0. The first-order valence-corrected chi connectivity index (χ1v) is 6.63. The normalized spacial score (nSPS) is 10.8. The van der Waals surface area contributed by atoms with Gasteiger partial charge in [0.15, 0.2) is 11.5 Å². The fourth-order valence-electron chi connectivity index (χ4n) is 1.76. The van der Waals surface area contributed by atoms with Gasteiger partial charge in [-0.2, -0.15) is 0 Å². The molecule has 0 aromatic heterocycles. The molecule has 0 heterocycles. The molecule has 0 unspecified atom stereocenters. The van der Waals surface area contributed by atoms with Gasteiger partial charge in [-0.1, -0.05) is 0 Å². The first-order chi connectivity index (χ1) is 10.2. The van der Waals surface area contributed by atoms with E-state index in [1.165, 1.54) is 26.4 Å². The van der Waals surface area contributed by atoms with Crippen molar-refractivity contribution >= 4 is 17.7 Å². The van der Waals surface area contributed by atoms with Crippen molar-refractivity contribution in [3.8, 4) is 11.5 Å². The van der Waals surface area contributed by atoms with Crippen LogP contribution in [-0.2, 0) is 16.0 Å². The van der Waals surface area contributed by atoms with Crippen molar-refractivity contribution in [2.45, 2.75) is 32.8 Å². The minimum atomic E-state index is -1.03. The molecule has 1 aromatic rings. The van der Waals surface area contributed by atoms with Crippen LogP contribution in [0.3, 0.4) is 0 Å². The molecule has 0 aliphatic heterocycles. The lowest BCUT2D eigenvalue weighted by molar-refractivity contribution is -0.136. The molecule has 7 nitrogen and oxygen atoms in total. The Morgan fingerprint density at radius 2 is 1.68 bits per heavy atom. The Kier molecular flexibility index (Phi) is 5.62. The average Bonchev–Trinajstić information content (AvgIpc) is 2.37. The first kappa shape index (κ1) is 17.6. The van der Waals surface area contributed by atoms with E-state index in [0.717, 1.165) is 0 Å². The largest absolute Gasteiger partial charge is 0.493 e. The Morgan fingerprint density at radius 3 is 2.14 bits per heavy atom. The molecule has 2 N–H and O–H groups in total. The van der Waals surface area contributed by atoms with Crippen LogP contribution in [0, 0.1) is 0 Å². The Hall–Kier alpha value is -2.44. The van der Waals surface area contributed by atoms with Crippen LogP contribution in [-0.4, -0.2) is 37.0 Å². The Bertz CT molecular complexity index is 562. The summed E-state index contributed by atoms with van der Waals surface area (Å²) in [5, 5.41) is 11.5. The molecule has 7 heteroatoms. The molecule has 22 heavy (non-hydrogen) atoms. The van der Waals surface area contributed by atoms with Gasteiger partial charge in [-0.05, 0) is 32.4 Å². The molecule has 0 spiro atoms. The maximum atomic E-state index is 11.9. The number of nitrogens with one attached hydrogen (secondary N) is 1. The van der Waals surface area contributed by atoms with E-state index in [2.05, 4.69) is 5.32 Å². The van der Waals surface area contributed by atoms with Crippen LogP contribution in [0.4, 0.5) is 10.5 Å². The summed E-state index contributed by atoms with van der Waals surface area (Å²) in [6.45, 7) is 5.21. The number of anilines is 1. The molecule has 0 saturated carbocycles. The molecule has 1 amide bonds. The average molecular weight is 311 g/mol. The van der Waals surface area contributed by atoms with E-state index in [0.29, 0.717) is 22.7 Å². The van der Waals surface area contributed by atoms with Gasteiger partial charge in [0.25, 0.3) is 0 Å². The van der Waals surface area contributed by atoms with Crippen LogP contribution >= 0.6 is 0 Å². The maximum Gasteiger partial charge on any atom is 0.412 e. The quantitative estimate of drug-likeness (QED) is 0.868. The number of benzene rings is 1. The first-order valence-electron chi connectivity index (χ1n) is 6.63. The number of carboxylic acids is 1. The minimum Gasteiger partial charge on any atom is -0.493 e. The predicted octanol–water partition coefficient (Wildman–Crippen LogP) is 2.68. The number of carboxylic acid groups (broad SMARTS) is 1. The van der Waals surface area contributed by atoms with Crippen molar-refractivity contribution in [1.82, 2.24) is 0 Å². The van der Waals surface area contributed by atoms with E-state index in [9.17, 15) is 9.59 Å². The number of hydrogen-bond acceptors (Lipinski definition) is 5. The SMILES string of the molecule is COc1cc(CC(=O)O)c(NC(=O)OC(C)(C)C)cc1OC. The second-order valence-corrected chi connectivity index (χ2v) is 5.56. The molecule has 0 saturated heterocycles. The Morgan fingerprint density at radius 1 is 1.14 bits per heavy atom. The third-order valence-corrected chi connectivity index (χ3v) is 2.59. The summed E-state index contributed by atoms with van der Waals surface area (Å²) in [6.07, 6.45) is -0.947. The molecule has 0 fully saturated rings. The topological polar surface area (TPSA) is 94.1 Å². The van der Waals surface area contributed by atoms with Gasteiger partial charge in [-0.25, -0.2) is 4.79 Å². The molecule has 0 radical (unpaired) electrons. The van der Waals surface area contributed by atoms with Crippen LogP contribution in [0.5, 0.6) is 11.5 Å². The summed E-state index contributed by atoms with van der Waals surface area (Å²) in [6, 6.07) is 3.01. The number of carbonyl (C=O) groups is 2. The fraction of sp³-hybridized carbons (Fsp3) is 0.467. The Labute approximate surface area is 129 Å². The van der Waals surface area contributed by atoms with Gasteiger partial charge in [-0.15, -0.1) is 0 Å². The highest BCUT2D eigenvalue weighted by Crippen LogP contribution is 2.33. The van der Waals surface area contributed by atoms with Gasteiger partial charge in [0.1, 0.15) is 5.60 Å². The number of amides is 1. The summed E-state index contributed by atoms with van der Waals surface area (Å²) in [7, 11) is 2.90. The van der Waals surface area contributed by atoms with Gasteiger partial charge in [0, 0.05) is 6.07 Å². The molecule has 1 rings (SSSR count). The fourth-order valence-corrected chi connectivity index (χ4v) is 1.76. The molecular formula is C15H21NO6. The second-order valence-electron chi connectivity index (χ2n) is 5.56. The molecule has 0 bridgehead atoms. The van der Waals surface area contributed by atoms with Crippen molar-refractivity contribution in [3.05, 3.63) is 17.7 Å². The summed E-state index contributed by atoms with van der Waals surface area (Å²) in [5.74, 6) is -0.268. The number of rotatable bonds is 5. The Balaban J connectivity index is 3.14. The summed E-state index contributed by atoms with van der Waals surface area (Å²) < 4.78 is 15.5. The highest BCUT2D eigenvalue weighted by Gasteiger charge is 2.19. The van der Waals surface area contributed by atoms with E-state index < -0.39 is 17.7 Å². The number of hydrogen-bond donors (Lipinski definition) is 2. The highest BCUT2D eigenvalue weighted by atomic mass is 16.6. The van der Waals surface area contributed by atoms with Crippen molar-refractivity contribution in [3.63, 3.8) is 0 Å². The standard InChI is InChI=1S/C15H21NO6/c1-15(2,3)22-14(19)16-10-8-12(21-5)11(20-4)6-9(10)7-13(17)18/h6,8H,7H2,1-5H3,(H,16,19)(H,17,18). The number of ether oxygens (including phenoxy) is 3. The summed E-state index contributed by atoms with van der Waals surface area (Å²) in [4.78, 5) is 22.8. The van der Waals surface area contributed by atoms with E-state index in [1.807, 2.05) is 0 Å². The van der Waals surface area contributed by atoms with Gasteiger partial charge >= 0.3 is 12.1 Å². The molecular weight excluding hydrogens is 290 g/mol. The van der Waals surface area contributed by atoms with Crippen LogP contribution in [0.25, 0.3) is 0 Å². The zero-order valence-electron chi connectivity index (χ0n) is 13.4. The zero-order chi connectivity index (χ0) is 16.9. The van der Waals surface area contributed by atoms with Crippen molar-refractivity contribution in [1.29, 1.82) is 0 Å². The predicted molar refractivity (Wildman–Crippen MR) is 80.7 cm³/mol. The molecule has 122 valence electrons. The van der Waals surface area contributed by atoms with E-state index >= 15 is 0 Å². The third-order valence-electron chi connectivity index (χ3n) is 2.59. The van der Waals surface area contributed by atoms with Crippen LogP contribution in [0.2, 0.25) is 0 Å². The van der Waals surface area contributed by atoms with Gasteiger partial charge < -0.3 is 19.3 Å². The lowest BCUT2D eigenvalue weighted by atomic mass is 10.1. The number of methoxy groups -OCH3 is 2. The smallest absolute Gasteiger partial charge is 0.412 e. The molecule has 0 aliphatic rings. The molecule has 1 aromatic carbocycles. The van der Waals surface area contributed by atoms with Crippen molar-refractivity contribution < 1.29 is 28.9 Å². The number of aliphatic carboxylic acids is 1. The van der Waals surface area contributed by atoms with Crippen LogP contribution < -0.4 is 14.8 Å². The van der Waals surface area contributed by atoms with Gasteiger partial charge in [0.05, 0.1) is 26.3 Å². The monoisotopic (exact) mass is 311 g/mol. The summed E-state index contributed by atoms with van der Waals surface area (Å²) in [5.41, 5.74) is 0.0263. The third kappa shape index (κ3) is 5.16. The van der Waals surface area contributed by atoms with Crippen molar-refractivity contribution in [2.24, 2.45) is 0 Å². The number of carbonyl (C=O) groups excluding carboxylic acids is 1. The maximum absolute atomic E-state index is 11.9. The molecule has 0 atom stereocenters. The lowest BCUT2D eigenvalue weighted by Gasteiger charge is -2.21. The molecule has 0 aliphatic carbocycles.